The van der Waals surface area contributed by atoms with Crippen LogP contribution in [0.1, 0.15) is 6.92 Å². The number of carbonyl (C=O) groups excluding carboxylic acids is 3. The molecule has 20 heavy (non-hydrogen) atoms. The average Bonchev–Trinajstić information content (AvgIpc) is 2.35. The van der Waals surface area contributed by atoms with Gasteiger partial charge in [-0.3, -0.25) is 9.59 Å². The predicted molar refractivity (Wildman–Crippen MR) is 76.1 cm³/mol. The second kappa shape index (κ2) is 10.3. The largest absolute Gasteiger partial charge is 0.467 e. The number of nitrogens with one attached hydrogen (secondary N) is 1. The second-order valence-corrected chi connectivity index (χ2v) is 5.03. The Labute approximate surface area is 122 Å². The van der Waals surface area contributed by atoms with Gasteiger partial charge in [0.05, 0.1) is 19.5 Å². The molecule has 1 amide bonds. The van der Waals surface area contributed by atoms with Gasteiger partial charge < -0.3 is 20.5 Å². The van der Waals surface area contributed by atoms with E-state index in [1.165, 1.54) is 25.8 Å². The first-order valence-electron chi connectivity index (χ1n) is 5.82. The molecule has 0 radical (unpaired) electrons. The van der Waals surface area contributed by atoms with Crippen LogP contribution < -0.4 is 11.1 Å². The van der Waals surface area contributed by atoms with Crippen molar-refractivity contribution in [1.82, 2.24) is 5.32 Å². The Morgan fingerprint density at radius 2 is 2.00 bits per heavy atom. The minimum absolute atomic E-state index is 0.0139. The SMILES string of the molecule is C=C(COCC(C)=O)N[C@@H](CSCC(N)=O)C(=O)OC. The summed E-state index contributed by atoms with van der Waals surface area (Å²) in [7, 11) is 1.27. The number of rotatable bonds is 11. The summed E-state index contributed by atoms with van der Waals surface area (Å²) in [6.45, 7) is 5.20. The number of amides is 1. The standard InChI is InChI=1S/C12H20N2O5S/c1-8(4-19-5-9(2)15)14-10(12(17)18-3)6-20-7-11(13)16/h10,14H,1,4-7H2,2-3H3,(H2,13,16)/t10-/m0/s1. The van der Waals surface area contributed by atoms with Crippen LogP contribution in [-0.4, -0.2) is 55.5 Å². The molecule has 0 aromatic heterocycles. The Morgan fingerprint density at radius 1 is 1.35 bits per heavy atom. The van der Waals surface area contributed by atoms with Crippen LogP contribution in [0, 0.1) is 0 Å². The summed E-state index contributed by atoms with van der Waals surface area (Å²) in [6.07, 6.45) is 0. The van der Waals surface area contributed by atoms with Gasteiger partial charge in [-0.25, -0.2) is 4.79 Å². The van der Waals surface area contributed by atoms with E-state index in [1.807, 2.05) is 0 Å². The smallest absolute Gasteiger partial charge is 0.329 e. The first-order chi connectivity index (χ1) is 9.36. The maximum atomic E-state index is 11.6. The van der Waals surface area contributed by atoms with Gasteiger partial charge in [0.1, 0.15) is 12.6 Å². The molecule has 0 saturated heterocycles. The number of primary amides is 1. The summed E-state index contributed by atoms with van der Waals surface area (Å²) in [6, 6.07) is -0.655. The number of esters is 1. The third-order valence-corrected chi connectivity index (χ3v) is 3.03. The summed E-state index contributed by atoms with van der Waals surface area (Å²) in [5.74, 6) is -0.611. The van der Waals surface area contributed by atoms with E-state index in [1.54, 1.807) is 0 Å². The van der Waals surface area contributed by atoms with E-state index in [0.29, 0.717) is 11.4 Å². The van der Waals surface area contributed by atoms with Gasteiger partial charge in [-0.15, -0.1) is 11.8 Å². The normalized spacial score (nSPS) is 11.5. The molecule has 0 fully saturated rings. The lowest BCUT2D eigenvalue weighted by atomic mass is 10.3. The van der Waals surface area contributed by atoms with Crippen molar-refractivity contribution in [3.63, 3.8) is 0 Å². The lowest BCUT2D eigenvalue weighted by Crippen LogP contribution is -2.40. The molecule has 0 aliphatic rings. The van der Waals surface area contributed by atoms with Crippen LogP contribution in [0.25, 0.3) is 0 Å². The van der Waals surface area contributed by atoms with Crippen LogP contribution in [-0.2, 0) is 23.9 Å². The second-order valence-electron chi connectivity index (χ2n) is 4.00. The minimum Gasteiger partial charge on any atom is -0.467 e. The predicted octanol–water partition coefficient (Wildman–Crippen LogP) is -0.545. The lowest BCUT2D eigenvalue weighted by Gasteiger charge is -2.18. The summed E-state index contributed by atoms with van der Waals surface area (Å²) in [5.41, 5.74) is 5.46. The van der Waals surface area contributed by atoms with Gasteiger partial charge in [-0.05, 0) is 6.92 Å². The van der Waals surface area contributed by atoms with Crippen molar-refractivity contribution in [3.8, 4) is 0 Å². The van der Waals surface area contributed by atoms with E-state index in [2.05, 4.69) is 16.6 Å². The fourth-order valence-corrected chi connectivity index (χ4v) is 1.97. The molecule has 0 heterocycles. The van der Waals surface area contributed by atoms with Gasteiger partial charge in [0.2, 0.25) is 5.91 Å². The van der Waals surface area contributed by atoms with Crippen LogP contribution in [0.15, 0.2) is 12.3 Å². The third-order valence-electron chi connectivity index (χ3n) is 1.97. The summed E-state index contributed by atoms with van der Waals surface area (Å²) in [4.78, 5) is 32.9. The van der Waals surface area contributed by atoms with Gasteiger partial charge in [0.25, 0.3) is 0 Å². The molecule has 0 rings (SSSR count). The molecule has 7 nitrogen and oxygen atoms in total. The number of hydrogen-bond donors (Lipinski definition) is 2. The van der Waals surface area contributed by atoms with Gasteiger partial charge >= 0.3 is 5.97 Å². The number of ether oxygens (including phenoxy) is 2. The van der Waals surface area contributed by atoms with E-state index in [0.717, 1.165) is 0 Å². The summed E-state index contributed by atoms with van der Waals surface area (Å²) in [5, 5.41) is 2.84. The molecule has 3 N–H and O–H groups in total. The van der Waals surface area contributed by atoms with Crippen LogP contribution in [0.2, 0.25) is 0 Å². The Hall–Kier alpha value is -1.54. The van der Waals surface area contributed by atoms with Crippen molar-refractivity contribution >= 4 is 29.4 Å². The van der Waals surface area contributed by atoms with Crippen LogP contribution in [0.3, 0.4) is 0 Å². The van der Waals surface area contributed by atoms with Crippen LogP contribution in [0.4, 0.5) is 0 Å². The number of carbonyl (C=O) groups is 3. The number of Topliss-reactive ketones (excluding diaryl/α,β-unsaturated/α-hetero) is 1. The number of nitrogens with two attached hydrogens (primary N) is 1. The molecule has 0 saturated carbocycles. The number of methoxy groups -OCH3 is 1. The minimum atomic E-state index is -0.655. The third kappa shape index (κ3) is 9.40. The monoisotopic (exact) mass is 304 g/mol. The molecular formula is C12H20N2O5S. The highest BCUT2D eigenvalue weighted by Gasteiger charge is 2.19. The molecule has 114 valence electrons. The molecule has 1 atom stereocenters. The van der Waals surface area contributed by atoms with E-state index in [4.69, 9.17) is 10.5 Å². The Bertz CT molecular complexity index is 373. The maximum Gasteiger partial charge on any atom is 0.329 e. The molecule has 0 aliphatic carbocycles. The zero-order valence-electron chi connectivity index (χ0n) is 11.6. The van der Waals surface area contributed by atoms with E-state index >= 15 is 0 Å². The molecule has 0 aromatic rings. The molecular weight excluding hydrogens is 284 g/mol. The topological polar surface area (TPSA) is 108 Å². The highest BCUT2D eigenvalue weighted by atomic mass is 32.2. The molecule has 0 spiro atoms. The van der Waals surface area contributed by atoms with Crippen molar-refractivity contribution < 1.29 is 23.9 Å². The van der Waals surface area contributed by atoms with Crippen molar-refractivity contribution in [2.24, 2.45) is 5.73 Å². The van der Waals surface area contributed by atoms with Gasteiger partial charge in [-0.2, -0.15) is 0 Å². The number of ketones is 1. The average molecular weight is 304 g/mol. The van der Waals surface area contributed by atoms with E-state index < -0.39 is 17.9 Å². The fraction of sp³-hybridized carbons (Fsp3) is 0.583. The number of thioether (sulfide) groups is 1. The highest BCUT2D eigenvalue weighted by molar-refractivity contribution is 8.00. The van der Waals surface area contributed by atoms with Crippen LogP contribution in [0.5, 0.6) is 0 Å². The molecule has 0 unspecified atom stereocenters. The summed E-state index contributed by atoms with van der Waals surface area (Å²) < 4.78 is 9.72. The lowest BCUT2D eigenvalue weighted by molar-refractivity contribution is -0.142. The quantitative estimate of drug-likeness (QED) is 0.493. The number of hydrogen-bond acceptors (Lipinski definition) is 7. The molecule has 0 aliphatic heterocycles. The Morgan fingerprint density at radius 3 is 2.50 bits per heavy atom. The maximum absolute atomic E-state index is 11.6. The van der Waals surface area contributed by atoms with Gasteiger partial charge in [-0.1, -0.05) is 6.58 Å². The van der Waals surface area contributed by atoms with Gasteiger partial charge in [0, 0.05) is 11.4 Å². The van der Waals surface area contributed by atoms with Gasteiger partial charge in [0.15, 0.2) is 5.78 Å². The zero-order valence-corrected chi connectivity index (χ0v) is 12.5. The first kappa shape index (κ1) is 18.5. The fourth-order valence-electron chi connectivity index (χ4n) is 1.19. The summed E-state index contributed by atoms with van der Waals surface area (Å²) >= 11 is 1.21. The zero-order chi connectivity index (χ0) is 15.5. The Kier molecular flexibility index (Phi) is 9.48. The van der Waals surface area contributed by atoms with Crippen molar-refractivity contribution in [2.75, 3.05) is 31.8 Å². The van der Waals surface area contributed by atoms with Crippen molar-refractivity contribution in [1.29, 1.82) is 0 Å². The van der Waals surface area contributed by atoms with Crippen LogP contribution >= 0.6 is 11.8 Å². The van der Waals surface area contributed by atoms with Crippen molar-refractivity contribution in [2.45, 2.75) is 13.0 Å². The van der Waals surface area contributed by atoms with E-state index in [9.17, 15) is 14.4 Å². The first-order valence-corrected chi connectivity index (χ1v) is 6.97. The highest BCUT2D eigenvalue weighted by Crippen LogP contribution is 2.05. The molecule has 8 heteroatoms. The Balaban J connectivity index is 4.20. The van der Waals surface area contributed by atoms with Crippen molar-refractivity contribution in [3.05, 3.63) is 12.3 Å². The molecule has 0 bridgehead atoms. The molecule has 0 aromatic carbocycles. The van der Waals surface area contributed by atoms with E-state index in [-0.39, 0.29) is 24.7 Å².